The van der Waals surface area contributed by atoms with Crippen LogP contribution < -0.4 is 10.9 Å². The van der Waals surface area contributed by atoms with E-state index in [9.17, 15) is 4.79 Å². The molecule has 18 heavy (non-hydrogen) atoms. The Labute approximate surface area is 106 Å². The highest BCUT2D eigenvalue weighted by Gasteiger charge is 2.41. The molecule has 1 aromatic rings. The quantitative estimate of drug-likeness (QED) is 0.796. The minimum atomic E-state index is 0.0879. The smallest absolute Gasteiger partial charge is 0.256 e. The van der Waals surface area contributed by atoms with Crippen molar-refractivity contribution in [2.75, 3.05) is 11.9 Å². The molecule has 0 aromatic carbocycles. The zero-order chi connectivity index (χ0) is 12.1. The molecule has 4 rings (SSSR count). The molecule has 2 fully saturated rings. The fourth-order valence-corrected chi connectivity index (χ4v) is 4.12. The number of anilines is 1. The van der Waals surface area contributed by atoms with Gasteiger partial charge in [0.15, 0.2) is 0 Å². The van der Waals surface area contributed by atoms with Crippen molar-refractivity contribution >= 4 is 5.82 Å². The van der Waals surface area contributed by atoms with Gasteiger partial charge in [0.2, 0.25) is 0 Å². The van der Waals surface area contributed by atoms with Crippen LogP contribution in [-0.2, 0) is 6.42 Å². The highest BCUT2D eigenvalue weighted by atomic mass is 16.1. The van der Waals surface area contributed by atoms with Gasteiger partial charge in [-0.1, -0.05) is 6.42 Å². The molecule has 4 nitrogen and oxygen atoms in total. The minimum Gasteiger partial charge on any atom is -0.370 e. The lowest BCUT2D eigenvalue weighted by Crippen LogP contribution is -2.27. The lowest BCUT2D eigenvalue weighted by molar-refractivity contribution is 0.404. The maximum absolute atomic E-state index is 12.1. The summed E-state index contributed by atoms with van der Waals surface area (Å²) in [5, 5.41) is 3.28. The molecule has 0 amide bonds. The number of aromatic amines is 1. The zero-order valence-corrected chi connectivity index (χ0v) is 10.5. The van der Waals surface area contributed by atoms with Crippen LogP contribution in [0.1, 0.15) is 49.4 Å². The summed E-state index contributed by atoms with van der Waals surface area (Å²) in [6.45, 7) is 0.944. The van der Waals surface area contributed by atoms with Gasteiger partial charge in [0.05, 0.1) is 5.56 Å². The Hall–Kier alpha value is -1.32. The third-order valence-electron chi connectivity index (χ3n) is 5.02. The van der Waals surface area contributed by atoms with Crippen LogP contribution in [-0.4, -0.2) is 16.5 Å². The molecule has 96 valence electrons. The molecule has 2 bridgehead atoms. The van der Waals surface area contributed by atoms with Crippen LogP contribution in [0.15, 0.2) is 4.79 Å². The van der Waals surface area contributed by atoms with E-state index in [0.717, 1.165) is 48.4 Å². The number of aromatic nitrogens is 2. The highest BCUT2D eigenvalue weighted by Crippen LogP contribution is 2.52. The summed E-state index contributed by atoms with van der Waals surface area (Å²) < 4.78 is 0. The van der Waals surface area contributed by atoms with Gasteiger partial charge in [-0.15, -0.1) is 0 Å². The van der Waals surface area contributed by atoms with Crippen LogP contribution in [0.25, 0.3) is 0 Å². The van der Waals surface area contributed by atoms with Crippen molar-refractivity contribution in [1.29, 1.82) is 0 Å². The normalized spacial score (nSPS) is 33.2. The molecular weight excluding hydrogens is 226 g/mol. The molecule has 3 aliphatic rings. The molecule has 4 heteroatoms. The lowest BCUT2D eigenvalue weighted by Gasteiger charge is -2.23. The Bertz CT molecular complexity index is 536. The molecule has 1 aliphatic heterocycles. The fourth-order valence-electron chi connectivity index (χ4n) is 4.12. The molecule has 2 N–H and O–H groups in total. The van der Waals surface area contributed by atoms with Gasteiger partial charge < -0.3 is 10.3 Å². The summed E-state index contributed by atoms with van der Waals surface area (Å²) in [5.41, 5.74) is 0.943. The number of hydrogen-bond donors (Lipinski definition) is 2. The fraction of sp³-hybridized carbons (Fsp3) is 0.714. The van der Waals surface area contributed by atoms with Crippen molar-refractivity contribution in [3.05, 3.63) is 21.7 Å². The van der Waals surface area contributed by atoms with Crippen LogP contribution >= 0.6 is 0 Å². The molecule has 2 aliphatic carbocycles. The van der Waals surface area contributed by atoms with Gasteiger partial charge in [0.25, 0.3) is 5.56 Å². The first kappa shape index (κ1) is 10.6. The average Bonchev–Trinajstić information content (AvgIpc) is 3.01. The second kappa shape index (κ2) is 3.84. The second-order valence-corrected chi connectivity index (χ2v) is 6.09. The Morgan fingerprint density at radius 3 is 2.94 bits per heavy atom. The van der Waals surface area contributed by atoms with E-state index in [2.05, 4.69) is 10.3 Å². The van der Waals surface area contributed by atoms with Crippen LogP contribution in [0.5, 0.6) is 0 Å². The molecule has 0 saturated heterocycles. The van der Waals surface area contributed by atoms with E-state index in [4.69, 9.17) is 4.98 Å². The van der Waals surface area contributed by atoms with Crippen LogP contribution in [0.4, 0.5) is 5.82 Å². The first-order chi connectivity index (χ1) is 8.81. The Balaban J connectivity index is 1.73. The van der Waals surface area contributed by atoms with Crippen molar-refractivity contribution in [2.24, 2.45) is 11.8 Å². The van der Waals surface area contributed by atoms with Crippen LogP contribution in [0.2, 0.25) is 0 Å². The van der Waals surface area contributed by atoms with Gasteiger partial charge in [0, 0.05) is 12.5 Å². The minimum absolute atomic E-state index is 0.0879. The van der Waals surface area contributed by atoms with Gasteiger partial charge >= 0.3 is 0 Å². The highest BCUT2D eigenvalue weighted by molar-refractivity contribution is 5.45. The van der Waals surface area contributed by atoms with E-state index in [1.807, 2.05) is 0 Å². The van der Waals surface area contributed by atoms with Crippen molar-refractivity contribution in [1.82, 2.24) is 9.97 Å². The largest absolute Gasteiger partial charge is 0.370 e. The Morgan fingerprint density at radius 1 is 1.22 bits per heavy atom. The summed E-state index contributed by atoms with van der Waals surface area (Å²) in [6.07, 6.45) is 7.18. The summed E-state index contributed by atoms with van der Waals surface area (Å²) in [5.74, 6) is 3.95. The molecular formula is C14H19N3O. The van der Waals surface area contributed by atoms with Gasteiger partial charge in [-0.2, -0.15) is 0 Å². The molecule has 3 unspecified atom stereocenters. The van der Waals surface area contributed by atoms with E-state index in [1.54, 1.807) is 0 Å². The number of H-pyrrole nitrogens is 1. The standard InChI is InChI=1S/C14H19N3O/c18-14-10-2-1-5-15-12(10)16-13(17-14)11-7-8-3-4-9(11)6-8/h8-9,11H,1-7H2,(H2,15,16,17,18). The zero-order valence-electron chi connectivity index (χ0n) is 10.5. The summed E-state index contributed by atoms with van der Waals surface area (Å²) in [6, 6.07) is 0. The Kier molecular flexibility index (Phi) is 2.26. The summed E-state index contributed by atoms with van der Waals surface area (Å²) in [7, 11) is 0. The second-order valence-electron chi connectivity index (χ2n) is 6.09. The first-order valence-corrected chi connectivity index (χ1v) is 7.18. The van der Waals surface area contributed by atoms with E-state index < -0.39 is 0 Å². The summed E-state index contributed by atoms with van der Waals surface area (Å²) >= 11 is 0. The van der Waals surface area contributed by atoms with Crippen molar-refractivity contribution in [3.8, 4) is 0 Å². The lowest BCUT2D eigenvalue weighted by atomic mass is 9.88. The van der Waals surface area contributed by atoms with Gasteiger partial charge in [-0.25, -0.2) is 4.98 Å². The molecule has 2 saturated carbocycles. The first-order valence-electron chi connectivity index (χ1n) is 7.18. The average molecular weight is 245 g/mol. The van der Waals surface area contributed by atoms with Crippen LogP contribution in [0.3, 0.4) is 0 Å². The molecule has 1 aromatic heterocycles. The number of nitrogens with one attached hydrogen (secondary N) is 2. The van der Waals surface area contributed by atoms with Crippen molar-refractivity contribution in [2.45, 2.75) is 44.4 Å². The SMILES string of the molecule is O=c1[nH]c(C2CC3CCC2C3)nc2c1CCCN2. The molecule has 0 radical (unpaired) electrons. The maximum atomic E-state index is 12.1. The molecule has 0 spiro atoms. The third-order valence-corrected chi connectivity index (χ3v) is 5.02. The van der Waals surface area contributed by atoms with Crippen molar-refractivity contribution in [3.63, 3.8) is 0 Å². The third kappa shape index (κ3) is 1.51. The number of fused-ring (bicyclic) bond motifs is 3. The van der Waals surface area contributed by atoms with Gasteiger partial charge in [-0.05, 0) is 43.9 Å². The monoisotopic (exact) mass is 245 g/mol. The van der Waals surface area contributed by atoms with E-state index in [1.165, 1.54) is 25.7 Å². The van der Waals surface area contributed by atoms with Gasteiger partial charge in [-0.3, -0.25) is 4.79 Å². The van der Waals surface area contributed by atoms with Crippen molar-refractivity contribution < 1.29 is 0 Å². The predicted molar refractivity (Wildman–Crippen MR) is 69.9 cm³/mol. The molecule has 2 heterocycles. The molecule has 3 atom stereocenters. The van der Waals surface area contributed by atoms with E-state index in [-0.39, 0.29) is 5.56 Å². The Morgan fingerprint density at radius 2 is 2.17 bits per heavy atom. The summed E-state index contributed by atoms with van der Waals surface area (Å²) in [4.78, 5) is 19.9. The number of hydrogen-bond acceptors (Lipinski definition) is 3. The number of nitrogens with zero attached hydrogens (tertiary/aromatic N) is 1. The number of rotatable bonds is 1. The van der Waals surface area contributed by atoms with E-state index >= 15 is 0 Å². The predicted octanol–water partition coefficient (Wildman–Crippen LogP) is 2.03. The van der Waals surface area contributed by atoms with Crippen LogP contribution in [0, 0.1) is 11.8 Å². The van der Waals surface area contributed by atoms with Gasteiger partial charge in [0.1, 0.15) is 11.6 Å². The van der Waals surface area contributed by atoms with E-state index in [0.29, 0.717) is 5.92 Å². The topological polar surface area (TPSA) is 57.8 Å². The maximum Gasteiger partial charge on any atom is 0.256 e.